The molecule has 146 valence electrons. The van der Waals surface area contributed by atoms with Gasteiger partial charge in [0.25, 0.3) is 5.91 Å². The maximum absolute atomic E-state index is 13.7. The van der Waals surface area contributed by atoms with Gasteiger partial charge in [-0.3, -0.25) is 9.48 Å². The third kappa shape index (κ3) is 4.19. The van der Waals surface area contributed by atoms with Gasteiger partial charge in [-0.05, 0) is 30.7 Å². The molecule has 0 fully saturated rings. The topological polar surface area (TPSA) is 46.9 Å². The Bertz CT molecular complexity index is 1010. The molecule has 4 nitrogen and oxygen atoms in total. The number of halogens is 5. The van der Waals surface area contributed by atoms with Crippen LogP contribution in [0.4, 0.5) is 27.8 Å². The van der Waals surface area contributed by atoms with Crippen LogP contribution in [0, 0.1) is 18.6 Å². The highest BCUT2D eigenvalue weighted by Gasteiger charge is 2.33. The number of rotatable bonds is 4. The van der Waals surface area contributed by atoms with Gasteiger partial charge in [-0.1, -0.05) is 23.8 Å². The van der Waals surface area contributed by atoms with Crippen LogP contribution in [0.25, 0.3) is 0 Å². The number of hydrogen-bond acceptors (Lipinski definition) is 2. The number of carbonyl (C=O) groups excluding carboxylic acids is 1. The minimum absolute atomic E-state index is 0.00799. The highest BCUT2D eigenvalue weighted by Crippen LogP contribution is 2.32. The number of benzene rings is 2. The van der Waals surface area contributed by atoms with Crippen molar-refractivity contribution in [2.45, 2.75) is 19.6 Å². The first-order valence-electron chi connectivity index (χ1n) is 8.10. The summed E-state index contributed by atoms with van der Waals surface area (Å²) in [6, 6.07) is 8.08. The molecule has 1 aromatic heterocycles. The van der Waals surface area contributed by atoms with Crippen molar-refractivity contribution in [3.05, 3.63) is 82.5 Å². The highest BCUT2D eigenvalue weighted by atomic mass is 19.4. The summed E-state index contributed by atoms with van der Waals surface area (Å²) < 4.78 is 68.0. The Labute approximate surface area is 156 Å². The Morgan fingerprint density at radius 3 is 2.43 bits per heavy atom. The molecule has 0 atom stereocenters. The summed E-state index contributed by atoms with van der Waals surface area (Å²) in [5.41, 5.74) is -0.893. The monoisotopic (exact) mass is 395 g/mol. The van der Waals surface area contributed by atoms with E-state index in [4.69, 9.17) is 0 Å². The third-order valence-electron chi connectivity index (χ3n) is 3.97. The lowest BCUT2D eigenvalue weighted by molar-refractivity contribution is -0.138. The smallest absolute Gasteiger partial charge is 0.305 e. The Morgan fingerprint density at radius 2 is 1.79 bits per heavy atom. The number of aryl methyl sites for hydroxylation is 1. The van der Waals surface area contributed by atoms with E-state index in [0.717, 1.165) is 24.3 Å². The normalized spacial score (nSPS) is 11.5. The summed E-state index contributed by atoms with van der Waals surface area (Å²) in [5.74, 6) is -3.17. The molecule has 0 saturated carbocycles. The van der Waals surface area contributed by atoms with Crippen LogP contribution in [0.2, 0.25) is 0 Å². The van der Waals surface area contributed by atoms with Gasteiger partial charge in [0.15, 0.2) is 5.82 Å². The second-order valence-corrected chi connectivity index (χ2v) is 6.11. The molecule has 1 heterocycles. The van der Waals surface area contributed by atoms with E-state index < -0.39 is 34.8 Å². The number of anilines is 1. The van der Waals surface area contributed by atoms with Gasteiger partial charge in [0.05, 0.1) is 12.1 Å². The lowest BCUT2D eigenvalue weighted by atomic mass is 10.0. The van der Waals surface area contributed by atoms with E-state index in [2.05, 4.69) is 10.4 Å². The van der Waals surface area contributed by atoms with E-state index in [1.54, 1.807) is 6.92 Å². The molecule has 0 aliphatic carbocycles. The zero-order valence-corrected chi connectivity index (χ0v) is 14.5. The van der Waals surface area contributed by atoms with Crippen molar-refractivity contribution in [2.24, 2.45) is 0 Å². The molecule has 1 N–H and O–H groups in total. The van der Waals surface area contributed by atoms with Crippen LogP contribution in [0.5, 0.6) is 0 Å². The second kappa shape index (κ2) is 7.41. The number of nitrogens with one attached hydrogen (secondary N) is 1. The minimum Gasteiger partial charge on any atom is -0.305 e. The Balaban J connectivity index is 1.81. The Kier molecular flexibility index (Phi) is 5.17. The van der Waals surface area contributed by atoms with E-state index in [1.807, 2.05) is 0 Å². The van der Waals surface area contributed by atoms with Gasteiger partial charge in [-0.25, -0.2) is 8.78 Å². The van der Waals surface area contributed by atoms with E-state index in [1.165, 1.54) is 29.1 Å². The standard InChI is InChI=1S/C19H14F5N3O/c1-11-5-6-13(19(22,23)24)12(9-11)10-27-8-7-16(26-27)25-18(28)17-14(20)3-2-4-15(17)21/h2-9H,10H2,1H3,(H,25,26,28). The molecule has 0 aliphatic heterocycles. The van der Waals surface area contributed by atoms with Crippen LogP contribution < -0.4 is 5.32 Å². The number of amides is 1. The van der Waals surface area contributed by atoms with Gasteiger partial charge in [0.1, 0.15) is 17.2 Å². The van der Waals surface area contributed by atoms with Crippen LogP contribution in [0.3, 0.4) is 0 Å². The number of alkyl halides is 3. The molecule has 28 heavy (non-hydrogen) atoms. The summed E-state index contributed by atoms with van der Waals surface area (Å²) in [7, 11) is 0. The van der Waals surface area contributed by atoms with Crippen LogP contribution in [0.1, 0.15) is 27.0 Å². The predicted molar refractivity (Wildman–Crippen MR) is 91.8 cm³/mol. The molecule has 0 aliphatic rings. The fraction of sp³-hybridized carbons (Fsp3) is 0.158. The van der Waals surface area contributed by atoms with Gasteiger partial charge in [0, 0.05) is 12.3 Å². The SMILES string of the molecule is Cc1ccc(C(F)(F)F)c(Cn2ccc(NC(=O)c3c(F)cccc3F)n2)c1. The van der Waals surface area contributed by atoms with E-state index >= 15 is 0 Å². The van der Waals surface area contributed by atoms with Gasteiger partial charge >= 0.3 is 6.18 Å². The van der Waals surface area contributed by atoms with Crippen molar-refractivity contribution in [1.29, 1.82) is 0 Å². The van der Waals surface area contributed by atoms with Gasteiger partial charge in [-0.15, -0.1) is 0 Å². The van der Waals surface area contributed by atoms with E-state index in [0.29, 0.717) is 5.56 Å². The van der Waals surface area contributed by atoms with E-state index in [-0.39, 0.29) is 17.9 Å². The van der Waals surface area contributed by atoms with Crippen molar-refractivity contribution in [2.75, 3.05) is 5.32 Å². The molecule has 0 radical (unpaired) electrons. The molecule has 9 heteroatoms. The van der Waals surface area contributed by atoms with Gasteiger partial charge in [-0.2, -0.15) is 18.3 Å². The molecule has 3 aromatic rings. The average molecular weight is 395 g/mol. The fourth-order valence-electron chi connectivity index (χ4n) is 2.71. The molecule has 0 spiro atoms. The lowest BCUT2D eigenvalue weighted by Gasteiger charge is -2.13. The van der Waals surface area contributed by atoms with Crippen molar-refractivity contribution >= 4 is 11.7 Å². The summed E-state index contributed by atoms with van der Waals surface area (Å²) in [6.45, 7) is 1.47. The largest absolute Gasteiger partial charge is 0.416 e. The quantitative estimate of drug-likeness (QED) is 0.646. The van der Waals surface area contributed by atoms with Crippen molar-refractivity contribution < 1.29 is 26.7 Å². The average Bonchev–Trinajstić information content (AvgIpc) is 3.00. The number of nitrogens with zero attached hydrogens (tertiary/aromatic N) is 2. The molecule has 0 unspecified atom stereocenters. The van der Waals surface area contributed by atoms with Gasteiger partial charge < -0.3 is 5.32 Å². The van der Waals surface area contributed by atoms with Crippen molar-refractivity contribution in [3.63, 3.8) is 0 Å². The molecule has 2 aromatic carbocycles. The summed E-state index contributed by atoms with van der Waals surface area (Å²) in [6.07, 6.45) is -3.16. The zero-order chi connectivity index (χ0) is 20.5. The summed E-state index contributed by atoms with van der Waals surface area (Å²) in [4.78, 5) is 12.1. The molecule has 0 bridgehead atoms. The molecule has 3 rings (SSSR count). The third-order valence-corrected chi connectivity index (χ3v) is 3.97. The van der Waals surface area contributed by atoms with Crippen LogP contribution in [-0.4, -0.2) is 15.7 Å². The van der Waals surface area contributed by atoms with Crippen LogP contribution in [-0.2, 0) is 12.7 Å². The van der Waals surface area contributed by atoms with Crippen molar-refractivity contribution in [3.8, 4) is 0 Å². The number of hydrogen-bond donors (Lipinski definition) is 1. The fourth-order valence-corrected chi connectivity index (χ4v) is 2.71. The lowest BCUT2D eigenvalue weighted by Crippen LogP contribution is -2.16. The first-order valence-corrected chi connectivity index (χ1v) is 8.10. The predicted octanol–water partition coefficient (Wildman–Crippen LogP) is 4.79. The molecular formula is C19H14F5N3O. The summed E-state index contributed by atoms with van der Waals surface area (Å²) >= 11 is 0. The first kappa shape index (κ1) is 19.5. The second-order valence-electron chi connectivity index (χ2n) is 6.11. The number of aromatic nitrogens is 2. The Hall–Kier alpha value is -3.23. The van der Waals surface area contributed by atoms with Gasteiger partial charge in [0.2, 0.25) is 0 Å². The Morgan fingerprint density at radius 1 is 1.11 bits per heavy atom. The maximum Gasteiger partial charge on any atom is 0.416 e. The molecule has 1 amide bonds. The zero-order valence-electron chi connectivity index (χ0n) is 14.5. The maximum atomic E-state index is 13.7. The van der Waals surface area contributed by atoms with Crippen LogP contribution in [0.15, 0.2) is 48.7 Å². The minimum atomic E-state index is -4.52. The molecular weight excluding hydrogens is 381 g/mol. The highest BCUT2D eigenvalue weighted by molar-refractivity contribution is 6.04. The van der Waals surface area contributed by atoms with Crippen molar-refractivity contribution in [1.82, 2.24) is 9.78 Å². The number of carbonyl (C=O) groups is 1. The van der Waals surface area contributed by atoms with Crippen LogP contribution >= 0.6 is 0 Å². The van der Waals surface area contributed by atoms with E-state index in [9.17, 15) is 26.7 Å². The molecule has 0 saturated heterocycles. The first-order chi connectivity index (χ1) is 13.1. The summed E-state index contributed by atoms with van der Waals surface area (Å²) in [5, 5.41) is 6.18.